The van der Waals surface area contributed by atoms with Gasteiger partial charge in [0.05, 0.1) is 0 Å². The summed E-state index contributed by atoms with van der Waals surface area (Å²) in [4.78, 5) is 2.38. The molecule has 2 nitrogen and oxygen atoms in total. The van der Waals surface area contributed by atoms with Crippen molar-refractivity contribution in [1.29, 1.82) is 0 Å². The molecule has 1 aromatic rings. The van der Waals surface area contributed by atoms with Crippen molar-refractivity contribution in [1.82, 2.24) is 10.2 Å². The van der Waals surface area contributed by atoms with Crippen LogP contribution in [0.25, 0.3) is 0 Å². The van der Waals surface area contributed by atoms with Crippen molar-refractivity contribution < 1.29 is 0 Å². The lowest BCUT2D eigenvalue weighted by Gasteiger charge is -2.20. The number of hydrogen-bond donors (Lipinski definition) is 1. The van der Waals surface area contributed by atoms with E-state index in [-0.39, 0.29) is 0 Å². The molecule has 0 aliphatic heterocycles. The number of aryl methyl sites for hydroxylation is 3. The van der Waals surface area contributed by atoms with E-state index >= 15 is 0 Å². The highest BCUT2D eigenvalue weighted by atomic mass is 15.1. The number of benzene rings is 1. The summed E-state index contributed by atoms with van der Waals surface area (Å²) < 4.78 is 0. The van der Waals surface area contributed by atoms with Gasteiger partial charge in [0.15, 0.2) is 0 Å². The fourth-order valence-electron chi connectivity index (χ4n) is 2.10. The van der Waals surface area contributed by atoms with Gasteiger partial charge in [-0.25, -0.2) is 0 Å². The highest BCUT2D eigenvalue weighted by Crippen LogP contribution is 2.16. The molecule has 0 atom stereocenters. The van der Waals surface area contributed by atoms with Gasteiger partial charge in [-0.15, -0.1) is 0 Å². The van der Waals surface area contributed by atoms with Gasteiger partial charge < -0.3 is 10.2 Å². The average molecular weight is 248 g/mol. The SMILES string of the molecule is Cc1cc(C)c(CN(C)CCNC(C)C)cc1C. The number of hydrogen-bond acceptors (Lipinski definition) is 2. The Labute approximate surface area is 112 Å². The molecule has 0 saturated heterocycles. The second-order valence-electron chi connectivity index (χ2n) is 5.71. The van der Waals surface area contributed by atoms with E-state index in [4.69, 9.17) is 0 Å². The van der Waals surface area contributed by atoms with Crippen LogP contribution in [0.1, 0.15) is 36.1 Å². The van der Waals surface area contributed by atoms with Crippen LogP contribution >= 0.6 is 0 Å². The largest absolute Gasteiger partial charge is 0.313 e. The Hall–Kier alpha value is -0.860. The van der Waals surface area contributed by atoms with E-state index in [1.54, 1.807) is 0 Å². The van der Waals surface area contributed by atoms with Crippen molar-refractivity contribution in [3.63, 3.8) is 0 Å². The molecular formula is C16H28N2. The molecule has 0 aliphatic carbocycles. The first-order valence-electron chi connectivity index (χ1n) is 6.88. The van der Waals surface area contributed by atoms with Gasteiger partial charge in [-0.3, -0.25) is 0 Å². The van der Waals surface area contributed by atoms with Crippen molar-refractivity contribution in [2.24, 2.45) is 0 Å². The topological polar surface area (TPSA) is 15.3 Å². The van der Waals surface area contributed by atoms with Crippen LogP contribution in [-0.4, -0.2) is 31.1 Å². The van der Waals surface area contributed by atoms with Crippen molar-refractivity contribution >= 4 is 0 Å². The third-order valence-corrected chi connectivity index (χ3v) is 3.44. The standard InChI is InChI=1S/C16H28N2/c1-12(2)17-7-8-18(6)11-16-10-14(4)13(3)9-15(16)5/h9-10,12,17H,7-8,11H2,1-6H3. The first-order chi connectivity index (χ1) is 8.40. The van der Waals surface area contributed by atoms with Crippen molar-refractivity contribution in [3.8, 4) is 0 Å². The third-order valence-electron chi connectivity index (χ3n) is 3.44. The second-order valence-corrected chi connectivity index (χ2v) is 5.71. The lowest BCUT2D eigenvalue weighted by atomic mass is 10.0. The predicted octanol–water partition coefficient (Wildman–Crippen LogP) is 3.04. The predicted molar refractivity (Wildman–Crippen MR) is 80.1 cm³/mol. The maximum atomic E-state index is 3.46. The molecule has 0 amide bonds. The molecule has 1 rings (SSSR count). The van der Waals surface area contributed by atoms with Crippen LogP contribution in [0.4, 0.5) is 0 Å². The minimum absolute atomic E-state index is 0.571. The van der Waals surface area contributed by atoms with E-state index in [1.165, 1.54) is 22.3 Å². The van der Waals surface area contributed by atoms with E-state index in [0.717, 1.165) is 19.6 Å². The summed E-state index contributed by atoms with van der Waals surface area (Å²) in [6, 6.07) is 5.20. The number of likely N-dealkylation sites (N-methyl/N-ethyl adjacent to an activating group) is 1. The van der Waals surface area contributed by atoms with E-state index < -0.39 is 0 Å². The average Bonchev–Trinajstić information content (AvgIpc) is 2.25. The van der Waals surface area contributed by atoms with E-state index in [9.17, 15) is 0 Å². The molecule has 1 aromatic carbocycles. The summed E-state index contributed by atoms with van der Waals surface area (Å²) in [7, 11) is 2.19. The molecule has 0 saturated carbocycles. The Kier molecular flexibility index (Phi) is 5.83. The van der Waals surface area contributed by atoms with Gasteiger partial charge in [-0.1, -0.05) is 26.0 Å². The summed E-state index contributed by atoms with van der Waals surface area (Å²) in [5.41, 5.74) is 5.64. The highest BCUT2D eigenvalue weighted by Gasteiger charge is 2.05. The van der Waals surface area contributed by atoms with Gasteiger partial charge in [-0.2, -0.15) is 0 Å². The number of nitrogens with zero attached hydrogens (tertiary/aromatic N) is 1. The van der Waals surface area contributed by atoms with Gasteiger partial charge >= 0.3 is 0 Å². The van der Waals surface area contributed by atoms with Crippen LogP contribution in [-0.2, 0) is 6.54 Å². The molecule has 0 heterocycles. The molecule has 0 fully saturated rings. The summed E-state index contributed by atoms with van der Waals surface area (Å²) in [5, 5.41) is 3.46. The van der Waals surface area contributed by atoms with Gasteiger partial charge in [0, 0.05) is 25.7 Å². The first-order valence-corrected chi connectivity index (χ1v) is 6.88. The maximum absolute atomic E-state index is 3.46. The molecule has 2 heteroatoms. The molecule has 0 aliphatic rings. The van der Waals surface area contributed by atoms with Crippen molar-refractivity contribution in [3.05, 3.63) is 34.4 Å². The Morgan fingerprint density at radius 2 is 1.67 bits per heavy atom. The summed E-state index contributed by atoms with van der Waals surface area (Å²) in [5.74, 6) is 0. The van der Waals surface area contributed by atoms with E-state index in [1.807, 2.05) is 0 Å². The van der Waals surface area contributed by atoms with Gasteiger partial charge in [-0.05, 0) is 50.1 Å². The molecule has 0 unspecified atom stereocenters. The van der Waals surface area contributed by atoms with Gasteiger partial charge in [0.25, 0.3) is 0 Å². The Morgan fingerprint density at radius 1 is 1.06 bits per heavy atom. The molecule has 0 spiro atoms. The molecule has 0 bridgehead atoms. The number of nitrogens with one attached hydrogen (secondary N) is 1. The van der Waals surface area contributed by atoms with Crippen LogP contribution in [0.2, 0.25) is 0 Å². The van der Waals surface area contributed by atoms with Crippen LogP contribution in [0.3, 0.4) is 0 Å². The fraction of sp³-hybridized carbons (Fsp3) is 0.625. The van der Waals surface area contributed by atoms with Gasteiger partial charge in [0.2, 0.25) is 0 Å². The lowest BCUT2D eigenvalue weighted by Crippen LogP contribution is -2.32. The van der Waals surface area contributed by atoms with Crippen LogP contribution in [0.15, 0.2) is 12.1 Å². The van der Waals surface area contributed by atoms with Crippen LogP contribution in [0, 0.1) is 20.8 Å². The first kappa shape index (κ1) is 15.2. The monoisotopic (exact) mass is 248 g/mol. The highest BCUT2D eigenvalue weighted by molar-refractivity contribution is 5.36. The summed E-state index contributed by atoms with van der Waals surface area (Å²) in [6.07, 6.45) is 0. The fourth-order valence-corrected chi connectivity index (χ4v) is 2.10. The molecule has 18 heavy (non-hydrogen) atoms. The van der Waals surface area contributed by atoms with Crippen LogP contribution in [0.5, 0.6) is 0 Å². The molecule has 0 radical (unpaired) electrons. The molecule has 102 valence electrons. The van der Waals surface area contributed by atoms with E-state index in [2.05, 4.69) is 64.0 Å². The Morgan fingerprint density at radius 3 is 2.28 bits per heavy atom. The molecular weight excluding hydrogens is 220 g/mol. The smallest absolute Gasteiger partial charge is 0.0233 e. The van der Waals surface area contributed by atoms with Crippen LogP contribution < -0.4 is 5.32 Å². The second kappa shape index (κ2) is 6.91. The quantitative estimate of drug-likeness (QED) is 0.832. The zero-order valence-corrected chi connectivity index (χ0v) is 12.8. The number of rotatable bonds is 6. The van der Waals surface area contributed by atoms with Gasteiger partial charge in [0.1, 0.15) is 0 Å². The molecule has 0 aromatic heterocycles. The third kappa shape index (κ3) is 4.79. The van der Waals surface area contributed by atoms with E-state index in [0.29, 0.717) is 6.04 Å². The molecule has 1 N–H and O–H groups in total. The normalized spacial score (nSPS) is 11.6. The summed E-state index contributed by atoms with van der Waals surface area (Å²) in [6.45, 7) is 14.1. The van der Waals surface area contributed by atoms with Crippen molar-refractivity contribution in [2.75, 3.05) is 20.1 Å². The zero-order valence-electron chi connectivity index (χ0n) is 12.8. The Balaban J connectivity index is 2.54. The van der Waals surface area contributed by atoms with Crippen molar-refractivity contribution in [2.45, 2.75) is 47.2 Å². The Bertz CT molecular complexity index is 383. The lowest BCUT2D eigenvalue weighted by molar-refractivity contribution is 0.319. The zero-order chi connectivity index (χ0) is 13.7. The minimum atomic E-state index is 0.571. The maximum Gasteiger partial charge on any atom is 0.0233 e. The minimum Gasteiger partial charge on any atom is -0.313 e. The summed E-state index contributed by atoms with van der Waals surface area (Å²) >= 11 is 0.